The highest BCUT2D eigenvalue weighted by molar-refractivity contribution is 7.45. The molecule has 0 radical (unpaired) electrons. The van der Waals surface area contributed by atoms with Crippen molar-refractivity contribution < 1.29 is 52.3 Å². The van der Waals surface area contributed by atoms with Gasteiger partial charge in [-0.25, -0.2) is 0 Å². The Balaban J connectivity index is 4.62. The van der Waals surface area contributed by atoms with Crippen LogP contribution in [0.2, 0.25) is 0 Å². The fourth-order valence-electron chi connectivity index (χ4n) is 5.63. The third-order valence-corrected chi connectivity index (χ3v) is 10.1. The van der Waals surface area contributed by atoms with Gasteiger partial charge in [0.05, 0.1) is 40.0 Å². The molecular weight excluding hydrogens is 769 g/mol. The summed E-state index contributed by atoms with van der Waals surface area (Å²) in [7, 11) is 1.03. The number of nitrogens with zero attached hydrogens (tertiary/aromatic N) is 1. The van der Waals surface area contributed by atoms with Gasteiger partial charge < -0.3 is 38.1 Å². The lowest BCUT2D eigenvalue weighted by molar-refractivity contribution is -0.870. The van der Waals surface area contributed by atoms with Crippen LogP contribution < -0.4 is 4.89 Å². The van der Waals surface area contributed by atoms with Crippen molar-refractivity contribution in [1.29, 1.82) is 0 Å². The average molecular weight is 852 g/mol. The first-order valence-corrected chi connectivity index (χ1v) is 23.8. The minimum atomic E-state index is -4.68. The Morgan fingerprint density at radius 2 is 1.24 bits per heavy atom. The number of ether oxygens (including phenoxy) is 2. The molecule has 12 heteroatoms. The van der Waals surface area contributed by atoms with Crippen LogP contribution in [-0.2, 0) is 32.7 Å². The molecule has 0 aliphatic rings. The molecule has 0 aliphatic heterocycles. The lowest BCUT2D eigenvalue weighted by Gasteiger charge is -2.28. The highest BCUT2D eigenvalue weighted by Crippen LogP contribution is 2.38. The first-order valence-electron chi connectivity index (χ1n) is 22.4. The number of carbonyl (C=O) groups excluding carboxylic acids is 2. The third kappa shape index (κ3) is 41.9. The second-order valence-corrected chi connectivity index (χ2v) is 17.5. The van der Waals surface area contributed by atoms with Crippen LogP contribution in [0.5, 0.6) is 0 Å². The number of aliphatic hydroxyl groups excluding tert-OH is 2. The van der Waals surface area contributed by atoms with Crippen molar-refractivity contribution in [2.24, 2.45) is 0 Å². The molecule has 0 spiro atoms. The molecule has 4 atom stereocenters. The van der Waals surface area contributed by atoms with Gasteiger partial charge in [-0.05, 0) is 38.5 Å². The van der Waals surface area contributed by atoms with E-state index in [1.165, 1.54) is 64.2 Å². The van der Waals surface area contributed by atoms with Crippen molar-refractivity contribution in [3.8, 4) is 0 Å². The van der Waals surface area contributed by atoms with Crippen LogP contribution in [0.25, 0.3) is 0 Å². The van der Waals surface area contributed by atoms with E-state index < -0.39 is 44.7 Å². The topological polar surface area (TPSA) is 152 Å². The van der Waals surface area contributed by atoms with Gasteiger partial charge in [-0.2, -0.15) is 0 Å². The Morgan fingerprint density at radius 3 is 1.83 bits per heavy atom. The van der Waals surface area contributed by atoms with Crippen molar-refractivity contribution in [1.82, 2.24) is 0 Å². The molecule has 340 valence electrons. The Bertz CT molecular complexity index is 1270. The van der Waals surface area contributed by atoms with Crippen LogP contribution in [-0.4, -0.2) is 92.5 Å². The molecule has 0 saturated heterocycles. The number of hydrogen-bond donors (Lipinski definition) is 2. The zero-order valence-electron chi connectivity index (χ0n) is 37.4. The smallest absolute Gasteiger partial charge is 0.306 e. The molecule has 1 unspecified atom stereocenters. The first kappa shape index (κ1) is 56.4. The number of rotatable bonds is 39. The molecule has 2 N–H and O–H groups in total. The van der Waals surface area contributed by atoms with Gasteiger partial charge in [-0.3, -0.25) is 14.2 Å². The zero-order valence-corrected chi connectivity index (χ0v) is 38.3. The van der Waals surface area contributed by atoms with Crippen molar-refractivity contribution in [3.05, 3.63) is 72.9 Å². The number of phosphoric acid groups is 1. The SMILES string of the molecule is CC/C=C\C[C@H](O)/C=C/C=C\C/C=C\C=C\[C@H](O)/C=C\CCCC(=O)O[C@H](COC(=O)CCCCCCCCCCCCCCCC)COP(=O)([O-])OCC[N+](C)(C)C. The van der Waals surface area contributed by atoms with Gasteiger partial charge in [-0.15, -0.1) is 0 Å². The van der Waals surface area contributed by atoms with Crippen LogP contribution in [0.15, 0.2) is 72.9 Å². The molecule has 59 heavy (non-hydrogen) atoms. The molecule has 0 rings (SSSR count). The second kappa shape index (κ2) is 38.3. The summed E-state index contributed by atoms with van der Waals surface area (Å²) >= 11 is 0. The van der Waals surface area contributed by atoms with Gasteiger partial charge >= 0.3 is 11.9 Å². The summed E-state index contributed by atoms with van der Waals surface area (Å²) in [4.78, 5) is 37.5. The number of esters is 2. The van der Waals surface area contributed by atoms with Crippen molar-refractivity contribution in [3.63, 3.8) is 0 Å². The second-order valence-electron chi connectivity index (χ2n) is 16.1. The van der Waals surface area contributed by atoms with Crippen molar-refractivity contribution in [2.45, 2.75) is 167 Å². The molecule has 0 aromatic heterocycles. The van der Waals surface area contributed by atoms with Crippen molar-refractivity contribution in [2.75, 3.05) is 47.5 Å². The summed E-state index contributed by atoms with van der Waals surface area (Å²) in [5, 5.41) is 20.0. The molecule has 0 heterocycles. The van der Waals surface area contributed by atoms with E-state index in [9.17, 15) is 29.3 Å². The van der Waals surface area contributed by atoms with Gasteiger partial charge in [0.15, 0.2) is 6.10 Å². The van der Waals surface area contributed by atoms with Gasteiger partial charge in [0, 0.05) is 12.8 Å². The molecular formula is C47H82NO10P. The molecule has 11 nitrogen and oxygen atoms in total. The molecule has 0 amide bonds. The number of hydrogen-bond acceptors (Lipinski definition) is 10. The largest absolute Gasteiger partial charge is 0.756 e. The van der Waals surface area contributed by atoms with Gasteiger partial charge in [0.25, 0.3) is 7.82 Å². The van der Waals surface area contributed by atoms with E-state index in [1.54, 1.807) is 30.4 Å². The fraction of sp³-hybridized carbons (Fsp3) is 0.702. The molecule has 0 aromatic carbocycles. The normalized spacial score (nSPS) is 15.3. The standard InChI is InChI=1S/C47H82NO10P/c1-6-8-10-11-12-13-14-15-16-17-18-22-25-31-37-46(51)55-41-45(42-57-59(53,54)56-40-39-48(3,4)5)58-47(52)38-32-26-30-36-44(50)35-29-24-21-19-20-23-28-34-43(49)33-27-9-7-2/h9,20-21,23-24,27-30,34-36,43-45,49-50H,6-8,10-19,22,25-26,31-33,37-42H2,1-5H3/b23-20-,24-21-,27-9-,34-28+,35-29+,36-30-/t43-,44-,45+/m0/s1. The monoisotopic (exact) mass is 852 g/mol. The molecule has 0 bridgehead atoms. The minimum absolute atomic E-state index is 0.0368. The summed E-state index contributed by atoms with van der Waals surface area (Å²) in [5.41, 5.74) is 0. The number of likely N-dealkylation sites (N-methyl/N-ethyl adjacent to an activating group) is 1. The summed E-state index contributed by atoms with van der Waals surface area (Å²) in [6.07, 6.45) is 40.0. The summed E-state index contributed by atoms with van der Waals surface area (Å²) in [5.74, 6) is -1.02. The average Bonchev–Trinajstić information content (AvgIpc) is 3.17. The number of unbranched alkanes of at least 4 members (excludes halogenated alkanes) is 14. The van der Waals surface area contributed by atoms with E-state index in [-0.39, 0.29) is 26.1 Å². The van der Waals surface area contributed by atoms with Gasteiger partial charge in [0.1, 0.15) is 19.8 Å². The Labute approximate surface area is 358 Å². The van der Waals surface area contributed by atoms with Crippen LogP contribution in [0.3, 0.4) is 0 Å². The molecule has 0 aliphatic carbocycles. The number of carbonyl (C=O) groups is 2. The van der Waals surface area contributed by atoms with E-state index in [0.717, 1.165) is 25.7 Å². The summed E-state index contributed by atoms with van der Waals surface area (Å²) in [6, 6.07) is 0. The number of allylic oxidation sites excluding steroid dienone is 8. The quantitative estimate of drug-likeness (QED) is 0.0153. The van der Waals surface area contributed by atoms with E-state index in [4.69, 9.17) is 18.5 Å². The maximum absolute atomic E-state index is 12.7. The Morgan fingerprint density at radius 1 is 0.661 bits per heavy atom. The molecule has 0 fully saturated rings. The maximum Gasteiger partial charge on any atom is 0.306 e. The Hall–Kier alpha value is -2.63. The van der Waals surface area contributed by atoms with Gasteiger partial charge in [0.2, 0.25) is 0 Å². The van der Waals surface area contributed by atoms with E-state index >= 15 is 0 Å². The van der Waals surface area contributed by atoms with Crippen LogP contribution in [0.4, 0.5) is 0 Å². The molecule has 0 aromatic rings. The number of quaternary nitrogens is 1. The zero-order chi connectivity index (χ0) is 43.9. The third-order valence-electron chi connectivity index (χ3n) is 9.17. The van der Waals surface area contributed by atoms with Gasteiger partial charge in [-0.1, -0.05) is 170 Å². The minimum Gasteiger partial charge on any atom is -0.756 e. The highest BCUT2D eigenvalue weighted by Gasteiger charge is 2.21. The first-order chi connectivity index (χ1) is 28.3. The van der Waals surface area contributed by atoms with Crippen LogP contribution in [0.1, 0.15) is 149 Å². The Kier molecular flexibility index (Phi) is 36.6. The van der Waals surface area contributed by atoms with Crippen LogP contribution >= 0.6 is 7.82 Å². The molecule has 0 saturated carbocycles. The lowest BCUT2D eigenvalue weighted by atomic mass is 10.0. The van der Waals surface area contributed by atoms with Crippen LogP contribution in [0, 0.1) is 0 Å². The lowest BCUT2D eigenvalue weighted by Crippen LogP contribution is -2.37. The van der Waals surface area contributed by atoms with E-state index in [2.05, 4.69) is 13.8 Å². The van der Waals surface area contributed by atoms with Crippen molar-refractivity contribution >= 4 is 19.8 Å². The number of phosphoric ester groups is 1. The predicted octanol–water partition coefficient (Wildman–Crippen LogP) is 9.94. The predicted molar refractivity (Wildman–Crippen MR) is 238 cm³/mol. The van der Waals surface area contributed by atoms with E-state index in [0.29, 0.717) is 43.1 Å². The fourth-order valence-corrected chi connectivity index (χ4v) is 6.36. The maximum atomic E-state index is 12.7. The summed E-state index contributed by atoms with van der Waals surface area (Å²) < 4.78 is 33.7. The van der Waals surface area contributed by atoms with E-state index in [1.807, 2.05) is 63.7 Å². The number of aliphatic hydroxyl groups is 2. The highest BCUT2D eigenvalue weighted by atomic mass is 31.2. The summed E-state index contributed by atoms with van der Waals surface area (Å²) in [6.45, 7) is 3.80.